The molecule has 2 nitrogen and oxygen atoms in total. The van der Waals surface area contributed by atoms with E-state index in [9.17, 15) is 0 Å². The van der Waals surface area contributed by atoms with Crippen LogP contribution in [0.3, 0.4) is 0 Å². The van der Waals surface area contributed by atoms with E-state index >= 15 is 0 Å². The normalized spacial score (nSPS) is 17.7. The first-order valence-corrected chi connectivity index (χ1v) is 6.85. The van der Waals surface area contributed by atoms with Crippen LogP contribution in [0.5, 0.6) is 0 Å². The summed E-state index contributed by atoms with van der Waals surface area (Å²) < 4.78 is 0.954. The van der Waals surface area contributed by atoms with Gasteiger partial charge < -0.3 is 5.32 Å². The highest BCUT2D eigenvalue weighted by Crippen LogP contribution is 2.37. The quantitative estimate of drug-likeness (QED) is 0.901. The van der Waals surface area contributed by atoms with Crippen LogP contribution in [0.1, 0.15) is 38.2 Å². The zero-order valence-electron chi connectivity index (χ0n) is 10.1. The maximum absolute atomic E-state index is 8.92. The van der Waals surface area contributed by atoms with Gasteiger partial charge in [0.1, 0.15) is 0 Å². The molecule has 0 amide bonds. The molecule has 0 aliphatic heterocycles. The predicted octanol–water partition coefficient (Wildman–Crippen LogP) is 4.31. The van der Waals surface area contributed by atoms with Gasteiger partial charge in [0.05, 0.1) is 11.6 Å². The second kappa shape index (κ2) is 5.10. The van der Waals surface area contributed by atoms with Crippen LogP contribution in [0.25, 0.3) is 0 Å². The van der Waals surface area contributed by atoms with Crippen LogP contribution in [0, 0.1) is 16.7 Å². The summed E-state index contributed by atoms with van der Waals surface area (Å²) in [5, 5.41) is 12.4. The molecule has 3 heteroatoms. The minimum atomic E-state index is 0.426. The third-order valence-corrected chi connectivity index (χ3v) is 4.01. The molecule has 1 fully saturated rings. The first-order valence-electron chi connectivity index (χ1n) is 6.06. The summed E-state index contributed by atoms with van der Waals surface area (Å²) >= 11 is 3.43. The highest BCUT2D eigenvalue weighted by molar-refractivity contribution is 9.10. The molecule has 0 atom stereocenters. The molecule has 1 aromatic carbocycles. The molecule has 0 spiro atoms. The van der Waals surface area contributed by atoms with Gasteiger partial charge in [-0.1, -0.05) is 35.7 Å². The van der Waals surface area contributed by atoms with Crippen LogP contribution in [-0.4, -0.2) is 6.54 Å². The van der Waals surface area contributed by atoms with E-state index in [1.165, 1.54) is 25.7 Å². The molecule has 0 radical (unpaired) electrons. The zero-order valence-corrected chi connectivity index (χ0v) is 11.7. The Morgan fingerprint density at radius 3 is 2.71 bits per heavy atom. The van der Waals surface area contributed by atoms with Crippen LogP contribution < -0.4 is 5.32 Å². The van der Waals surface area contributed by atoms with E-state index in [2.05, 4.69) is 34.2 Å². The predicted molar refractivity (Wildman–Crippen MR) is 73.9 cm³/mol. The van der Waals surface area contributed by atoms with Gasteiger partial charge in [-0.05, 0) is 36.5 Å². The second-order valence-corrected chi connectivity index (χ2v) is 6.13. The van der Waals surface area contributed by atoms with Crippen LogP contribution in [0.15, 0.2) is 22.7 Å². The van der Waals surface area contributed by atoms with E-state index < -0.39 is 0 Å². The van der Waals surface area contributed by atoms with E-state index in [4.69, 9.17) is 5.26 Å². The van der Waals surface area contributed by atoms with Gasteiger partial charge >= 0.3 is 0 Å². The first kappa shape index (κ1) is 12.4. The number of hydrogen-bond donors (Lipinski definition) is 1. The lowest BCUT2D eigenvalue weighted by atomic mass is 9.89. The number of halogens is 1. The van der Waals surface area contributed by atoms with Gasteiger partial charge in [-0.2, -0.15) is 5.26 Å². The number of benzene rings is 1. The standard InChI is InChI=1S/C14H17BrN2/c1-14(4-2-3-5-14)10-17-13-7-11(9-16)6-12(15)8-13/h6-8,17H,2-5,10H2,1H3. The smallest absolute Gasteiger partial charge is 0.0992 e. The second-order valence-electron chi connectivity index (χ2n) is 5.21. The molecule has 1 N–H and O–H groups in total. The minimum absolute atomic E-state index is 0.426. The summed E-state index contributed by atoms with van der Waals surface area (Å²) in [5.41, 5.74) is 2.15. The fourth-order valence-corrected chi connectivity index (χ4v) is 2.97. The van der Waals surface area contributed by atoms with E-state index in [0.29, 0.717) is 11.0 Å². The molecule has 17 heavy (non-hydrogen) atoms. The third kappa shape index (κ3) is 3.23. The molecular weight excluding hydrogens is 276 g/mol. The number of anilines is 1. The molecule has 2 rings (SSSR count). The Balaban J connectivity index is 2.04. The first-order chi connectivity index (χ1) is 8.11. The van der Waals surface area contributed by atoms with Crippen molar-refractivity contribution in [1.82, 2.24) is 0 Å². The van der Waals surface area contributed by atoms with Gasteiger partial charge in [-0.3, -0.25) is 0 Å². The lowest BCUT2D eigenvalue weighted by molar-refractivity contribution is 0.362. The molecule has 0 unspecified atom stereocenters. The van der Waals surface area contributed by atoms with Crippen molar-refractivity contribution in [3.63, 3.8) is 0 Å². The molecular formula is C14H17BrN2. The van der Waals surface area contributed by atoms with Gasteiger partial charge in [0.15, 0.2) is 0 Å². The number of nitriles is 1. The molecule has 1 aliphatic rings. The summed E-state index contributed by atoms with van der Waals surface area (Å²) in [6.07, 6.45) is 5.30. The van der Waals surface area contributed by atoms with Crippen molar-refractivity contribution in [2.75, 3.05) is 11.9 Å². The SMILES string of the molecule is CC1(CNc2cc(Br)cc(C#N)c2)CCCC1. The Morgan fingerprint density at radius 2 is 2.06 bits per heavy atom. The fraction of sp³-hybridized carbons (Fsp3) is 0.500. The summed E-state index contributed by atoms with van der Waals surface area (Å²) in [7, 11) is 0. The Hall–Kier alpha value is -1.01. The number of rotatable bonds is 3. The summed E-state index contributed by atoms with van der Waals surface area (Å²) in [5.74, 6) is 0. The van der Waals surface area contributed by atoms with E-state index in [1.54, 1.807) is 0 Å². The molecule has 1 aliphatic carbocycles. The largest absolute Gasteiger partial charge is 0.384 e. The van der Waals surface area contributed by atoms with Crippen LogP contribution in [-0.2, 0) is 0 Å². The lowest BCUT2D eigenvalue weighted by Gasteiger charge is -2.24. The van der Waals surface area contributed by atoms with Gasteiger partial charge in [0, 0.05) is 16.7 Å². The van der Waals surface area contributed by atoms with Gasteiger partial charge in [-0.25, -0.2) is 0 Å². The average Bonchev–Trinajstić information content (AvgIpc) is 2.73. The zero-order chi connectivity index (χ0) is 12.3. The highest BCUT2D eigenvalue weighted by Gasteiger charge is 2.28. The minimum Gasteiger partial charge on any atom is -0.384 e. The number of nitrogens with one attached hydrogen (secondary N) is 1. The summed E-state index contributed by atoms with van der Waals surface area (Å²) in [4.78, 5) is 0. The van der Waals surface area contributed by atoms with Crippen LogP contribution in [0.4, 0.5) is 5.69 Å². The van der Waals surface area contributed by atoms with E-state index in [0.717, 1.165) is 16.7 Å². The number of hydrogen-bond acceptors (Lipinski definition) is 2. The average molecular weight is 293 g/mol. The van der Waals surface area contributed by atoms with Gasteiger partial charge in [0.25, 0.3) is 0 Å². The lowest BCUT2D eigenvalue weighted by Crippen LogP contribution is -2.22. The van der Waals surface area contributed by atoms with E-state index in [1.807, 2.05) is 18.2 Å². The fourth-order valence-electron chi connectivity index (χ4n) is 2.48. The van der Waals surface area contributed by atoms with Crippen molar-refractivity contribution in [2.45, 2.75) is 32.6 Å². The molecule has 0 bridgehead atoms. The Labute approximate surface area is 111 Å². The molecule has 1 aromatic rings. The maximum Gasteiger partial charge on any atom is 0.0992 e. The third-order valence-electron chi connectivity index (χ3n) is 3.56. The van der Waals surface area contributed by atoms with Crippen molar-refractivity contribution >= 4 is 21.6 Å². The van der Waals surface area contributed by atoms with Crippen LogP contribution in [0.2, 0.25) is 0 Å². The monoisotopic (exact) mass is 292 g/mol. The summed E-state index contributed by atoms with van der Waals surface area (Å²) in [6, 6.07) is 7.94. The van der Waals surface area contributed by atoms with Crippen molar-refractivity contribution in [1.29, 1.82) is 5.26 Å². The maximum atomic E-state index is 8.92. The van der Waals surface area contributed by atoms with Crippen molar-refractivity contribution in [2.24, 2.45) is 5.41 Å². The van der Waals surface area contributed by atoms with Crippen molar-refractivity contribution in [3.05, 3.63) is 28.2 Å². The topological polar surface area (TPSA) is 35.8 Å². The Kier molecular flexibility index (Phi) is 3.73. The molecule has 0 aromatic heterocycles. The van der Waals surface area contributed by atoms with Crippen molar-refractivity contribution in [3.8, 4) is 6.07 Å². The van der Waals surface area contributed by atoms with Gasteiger partial charge in [0.2, 0.25) is 0 Å². The Bertz CT molecular complexity index is 442. The summed E-state index contributed by atoms with van der Waals surface area (Å²) in [6.45, 7) is 3.34. The Morgan fingerprint density at radius 1 is 1.35 bits per heavy atom. The van der Waals surface area contributed by atoms with E-state index in [-0.39, 0.29) is 0 Å². The van der Waals surface area contributed by atoms with Crippen molar-refractivity contribution < 1.29 is 0 Å². The molecule has 90 valence electrons. The molecule has 1 saturated carbocycles. The van der Waals surface area contributed by atoms with Crippen LogP contribution >= 0.6 is 15.9 Å². The van der Waals surface area contributed by atoms with Gasteiger partial charge in [-0.15, -0.1) is 0 Å². The molecule has 0 saturated heterocycles. The highest BCUT2D eigenvalue weighted by atomic mass is 79.9. The molecule has 0 heterocycles. The number of nitrogens with zero attached hydrogens (tertiary/aromatic N) is 1.